The normalized spacial score (nSPS) is 12.0. The fourth-order valence-electron chi connectivity index (χ4n) is 4.39. The Hall–Kier alpha value is -4.60. The van der Waals surface area contributed by atoms with Crippen LogP contribution >= 0.6 is 27.7 Å². The Labute approximate surface area is 262 Å². The van der Waals surface area contributed by atoms with Crippen molar-refractivity contribution in [2.24, 2.45) is 0 Å². The van der Waals surface area contributed by atoms with Crippen molar-refractivity contribution >= 4 is 73.8 Å². The standard InChI is InChI=1S/C34H29BrN4O3S/c1-2-31(34(42)38-27-15-14-23-16-17-36-29(23)21-27)43-28-13-7-12-26(20-28)37-33(41)30(19-22-8-6-11-25(35)18-22)39-32(40)24-9-4-3-5-10-24/h3-21,31,36H,2H2,1H3,(H,37,41)(H,38,42)(H,39,40)/b30-19+. The Morgan fingerprint density at radius 1 is 0.860 bits per heavy atom. The van der Waals surface area contributed by atoms with E-state index in [0.717, 1.165) is 31.5 Å². The zero-order chi connectivity index (χ0) is 30.2. The van der Waals surface area contributed by atoms with Gasteiger partial charge in [-0.15, -0.1) is 11.8 Å². The summed E-state index contributed by atoms with van der Waals surface area (Å²) >= 11 is 4.87. The lowest BCUT2D eigenvalue weighted by Crippen LogP contribution is -2.30. The Morgan fingerprint density at radius 2 is 1.65 bits per heavy atom. The van der Waals surface area contributed by atoms with Crippen molar-refractivity contribution in [2.45, 2.75) is 23.5 Å². The van der Waals surface area contributed by atoms with Crippen LogP contribution in [0.3, 0.4) is 0 Å². The first-order valence-corrected chi connectivity index (χ1v) is 15.3. The number of aromatic nitrogens is 1. The number of hydrogen-bond acceptors (Lipinski definition) is 4. The molecule has 0 aliphatic carbocycles. The Morgan fingerprint density at radius 3 is 2.44 bits per heavy atom. The maximum absolute atomic E-state index is 13.5. The lowest BCUT2D eigenvalue weighted by atomic mass is 10.1. The molecule has 5 aromatic rings. The van der Waals surface area contributed by atoms with E-state index in [0.29, 0.717) is 17.7 Å². The van der Waals surface area contributed by atoms with Crippen LogP contribution in [-0.4, -0.2) is 28.0 Å². The van der Waals surface area contributed by atoms with Crippen molar-refractivity contribution < 1.29 is 14.4 Å². The fraction of sp³-hybridized carbons (Fsp3) is 0.0882. The van der Waals surface area contributed by atoms with Crippen LogP contribution in [0.5, 0.6) is 0 Å². The van der Waals surface area contributed by atoms with E-state index >= 15 is 0 Å². The first-order chi connectivity index (χ1) is 20.9. The molecule has 43 heavy (non-hydrogen) atoms. The van der Waals surface area contributed by atoms with Crippen LogP contribution in [0.4, 0.5) is 11.4 Å². The fourth-order valence-corrected chi connectivity index (χ4v) is 5.82. The topological polar surface area (TPSA) is 103 Å². The van der Waals surface area contributed by atoms with Gasteiger partial charge in [0.05, 0.1) is 5.25 Å². The summed E-state index contributed by atoms with van der Waals surface area (Å²) in [6, 6.07) is 31.2. The number of carbonyl (C=O) groups excluding carboxylic acids is 3. The Balaban J connectivity index is 1.30. The molecule has 0 radical (unpaired) electrons. The van der Waals surface area contributed by atoms with Gasteiger partial charge in [0.25, 0.3) is 11.8 Å². The van der Waals surface area contributed by atoms with E-state index in [-0.39, 0.29) is 16.9 Å². The Kier molecular flexibility index (Phi) is 9.76. The van der Waals surface area contributed by atoms with E-state index in [2.05, 4.69) is 36.9 Å². The number of thioether (sulfide) groups is 1. The molecule has 216 valence electrons. The molecule has 0 spiro atoms. The second kappa shape index (κ2) is 14.0. The van der Waals surface area contributed by atoms with Gasteiger partial charge in [-0.3, -0.25) is 14.4 Å². The van der Waals surface area contributed by atoms with Crippen LogP contribution in [0.15, 0.2) is 124 Å². The quantitative estimate of drug-likeness (QED) is 0.0911. The number of anilines is 2. The van der Waals surface area contributed by atoms with Gasteiger partial charge in [0.2, 0.25) is 5.91 Å². The molecule has 0 aliphatic rings. The van der Waals surface area contributed by atoms with Crippen molar-refractivity contribution in [3.05, 3.63) is 131 Å². The molecule has 0 bridgehead atoms. The van der Waals surface area contributed by atoms with Crippen LogP contribution in [0.2, 0.25) is 0 Å². The predicted molar refractivity (Wildman–Crippen MR) is 178 cm³/mol. The summed E-state index contributed by atoms with van der Waals surface area (Å²) in [4.78, 5) is 43.5. The summed E-state index contributed by atoms with van der Waals surface area (Å²) in [7, 11) is 0. The smallest absolute Gasteiger partial charge is 0.272 e. The van der Waals surface area contributed by atoms with E-state index in [9.17, 15) is 14.4 Å². The number of nitrogens with one attached hydrogen (secondary N) is 4. The lowest BCUT2D eigenvalue weighted by Gasteiger charge is -2.16. The molecule has 9 heteroatoms. The number of amides is 3. The molecule has 1 aromatic heterocycles. The van der Waals surface area contributed by atoms with Gasteiger partial charge < -0.3 is 20.9 Å². The minimum atomic E-state index is -0.476. The molecule has 1 heterocycles. The van der Waals surface area contributed by atoms with Gasteiger partial charge >= 0.3 is 0 Å². The highest BCUT2D eigenvalue weighted by molar-refractivity contribution is 9.10. The summed E-state index contributed by atoms with van der Waals surface area (Å²) in [6.07, 6.45) is 4.10. The highest BCUT2D eigenvalue weighted by atomic mass is 79.9. The minimum Gasteiger partial charge on any atom is -0.361 e. The zero-order valence-corrected chi connectivity index (χ0v) is 25.7. The van der Waals surface area contributed by atoms with Crippen molar-refractivity contribution in [1.82, 2.24) is 10.3 Å². The van der Waals surface area contributed by atoms with Gasteiger partial charge in [0.1, 0.15) is 5.70 Å². The number of benzene rings is 4. The maximum atomic E-state index is 13.5. The maximum Gasteiger partial charge on any atom is 0.272 e. The average molecular weight is 654 g/mol. The van der Waals surface area contributed by atoms with Crippen molar-refractivity contribution in [3.8, 4) is 0 Å². The number of halogens is 1. The third kappa shape index (κ3) is 8.03. The second-order valence-electron chi connectivity index (χ2n) is 9.70. The Bertz CT molecular complexity index is 1800. The molecular formula is C34H29BrN4O3S. The summed E-state index contributed by atoms with van der Waals surface area (Å²) in [5.41, 5.74) is 3.49. The molecule has 0 fully saturated rings. The van der Waals surface area contributed by atoms with Crippen molar-refractivity contribution in [1.29, 1.82) is 0 Å². The van der Waals surface area contributed by atoms with Crippen LogP contribution < -0.4 is 16.0 Å². The van der Waals surface area contributed by atoms with Crippen LogP contribution in [0.25, 0.3) is 17.0 Å². The molecule has 1 atom stereocenters. The van der Waals surface area contributed by atoms with Crippen molar-refractivity contribution in [2.75, 3.05) is 10.6 Å². The third-order valence-corrected chi connectivity index (χ3v) is 8.40. The van der Waals surface area contributed by atoms with Gasteiger partial charge in [-0.25, -0.2) is 0 Å². The number of aromatic amines is 1. The molecule has 0 saturated heterocycles. The van der Waals surface area contributed by atoms with Gasteiger partial charge in [-0.05, 0) is 84.1 Å². The van der Waals surface area contributed by atoms with Crippen LogP contribution in [0.1, 0.15) is 29.3 Å². The first kappa shape index (κ1) is 29.9. The van der Waals surface area contributed by atoms with E-state index in [1.54, 1.807) is 36.4 Å². The molecule has 4 aromatic carbocycles. The lowest BCUT2D eigenvalue weighted by molar-refractivity contribution is -0.116. The third-order valence-electron chi connectivity index (χ3n) is 6.54. The van der Waals surface area contributed by atoms with E-state index < -0.39 is 11.8 Å². The van der Waals surface area contributed by atoms with Crippen LogP contribution in [0, 0.1) is 0 Å². The number of hydrogen-bond donors (Lipinski definition) is 4. The SMILES string of the molecule is CCC(Sc1cccc(NC(=O)/C(=C\c2cccc(Br)c2)NC(=O)c2ccccc2)c1)C(=O)Nc1ccc2cc[nH]c2c1. The minimum absolute atomic E-state index is 0.0925. The number of rotatable bonds is 10. The zero-order valence-electron chi connectivity index (χ0n) is 23.3. The number of carbonyl (C=O) groups is 3. The summed E-state index contributed by atoms with van der Waals surface area (Å²) in [5, 5.41) is 9.40. The summed E-state index contributed by atoms with van der Waals surface area (Å²) in [6.45, 7) is 1.96. The van der Waals surface area contributed by atoms with E-state index in [1.165, 1.54) is 11.8 Å². The first-order valence-electron chi connectivity index (χ1n) is 13.7. The molecule has 7 nitrogen and oxygen atoms in total. The number of H-pyrrole nitrogens is 1. The van der Waals surface area contributed by atoms with Crippen molar-refractivity contribution in [3.63, 3.8) is 0 Å². The number of fused-ring (bicyclic) bond motifs is 1. The largest absolute Gasteiger partial charge is 0.361 e. The van der Waals surface area contributed by atoms with Gasteiger partial charge in [-0.2, -0.15) is 0 Å². The summed E-state index contributed by atoms with van der Waals surface area (Å²) < 4.78 is 0.847. The predicted octanol–water partition coefficient (Wildman–Crippen LogP) is 7.85. The van der Waals surface area contributed by atoms with E-state index in [4.69, 9.17) is 0 Å². The van der Waals surface area contributed by atoms with Gasteiger partial charge in [0, 0.05) is 38.0 Å². The van der Waals surface area contributed by atoms with E-state index in [1.807, 2.05) is 85.9 Å². The molecule has 5 rings (SSSR count). The molecule has 4 N–H and O–H groups in total. The molecule has 0 aliphatic heterocycles. The monoisotopic (exact) mass is 652 g/mol. The summed E-state index contributed by atoms with van der Waals surface area (Å²) in [5.74, 6) is -0.972. The molecule has 0 saturated carbocycles. The molecule has 1 unspecified atom stereocenters. The second-order valence-corrected chi connectivity index (χ2v) is 11.9. The highest BCUT2D eigenvalue weighted by Crippen LogP contribution is 2.29. The molecule has 3 amide bonds. The highest BCUT2D eigenvalue weighted by Gasteiger charge is 2.20. The van der Waals surface area contributed by atoms with Crippen LogP contribution in [-0.2, 0) is 9.59 Å². The van der Waals surface area contributed by atoms with Gasteiger partial charge in [-0.1, -0.05) is 65.3 Å². The van der Waals surface area contributed by atoms with Gasteiger partial charge in [0.15, 0.2) is 0 Å². The molecular weight excluding hydrogens is 624 g/mol. The average Bonchev–Trinajstić information content (AvgIpc) is 3.48.